The number of halogens is 1. The zero-order valence-corrected chi connectivity index (χ0v) is 14.8. The van der Waals surface area contributed by atoms with E-state index in [-0.39, 0.29) is 23.4 Å². The zero-order valence-electron chi connectivity index (χ0n) is 14.8. The van der Waals surface area contributed by atoms with Gasteiger partial charge in [0.25, 0.3) is 5.91 Å². The minimum Gasteiger partial charge on any atom is -0.337 e. The van der Waals surface area contributed by atoms with Crippen molar-refractivity contribution in [2.45, 2.75) is 12.8 Å². The van der Waals surface area contributed by atoms with Crippen molar-refractivity contribution in [2.75, 3.05) is 13.1 Å². The molecule has 0 spiro atoms. The first-order valence-electron chi connectivity index (χ1n) is 9.07. The largest absolute Gasteiger partial charge is 0.337 e. The molecule has 2 heterocycles. The average Bonchev–Trinajstić information content (AvgIpc) is 2.73. The number of para-hydroxylation sites is 1. The topological polar surface area (TPSA) is 50.3 Å². The van der Waals surface area contributed by atoms with Crippen LogP contribution in [0.2, 0.25) is 0 Å². The number of hydrogen-bond acceptors (Lipinski definition) is 3. The van der Waals surface area contributed by atoms with E-state index in [2.05, 4.69) is 4.98 Å². The summed E-state index contributed by atoms with van der Waals surface area (Å²) in [4.78, 5) is 31.6. The minimum atomic E-state index is -0.352. The van der Waals surface area contributed by atoms with Gasteiger partial charge in [-0.3, -0.25) is 9.59 Å². The van der Waals surface area contributed by atoms with E-state index in [1.165, 1.54) is 24.3 Å². The Hall–Kier alpha value is -3.08. The molecule has 0 aliphatic carbocycles. The molecule has 0 bridgehead atoms. The maximum Gasteiger partial charge on any atom is 0.272 e. The molecular formula is C22H19FN2O2. The van der Waals surface area contributed by atoms with E-state index in [4.69, 9.17) is 0 Å². The third-order valence-electron chi connectivity index (χ3n) is 5.10. The molecule has 4 nitrogen and oxygen atoms in total. The number of hydrogen-bond donors (Lipinski definition) is 0. The van der Waals surface area contributed by atoms with Crippen LogP contribution in [0.1, 0.15) is 33.7 Å². The lowest BCUT2D eigenvalue weighted by Gasteiger charge is -2.31. The smallest absolute Gasteiger partial charge is 0.272 e. The Balaban J connectivity index is 1.42. The number of Topliss-reactive ketones (excluding diaryl/α,β-unsaturated/α-hetero) is 1. The molecule has 0 saturated carbocycles. The predicted molar refractivity (Wildman–Crippen MR) is 101 cm³/mol. The van der Waals surface area contributed by atoms with Crippen molar-refractivity contribution in [1.82, 2.24) is 9.88 Å². The number of ketones is 1. The van der Waals surface area contributed by atoms with Crippen LogP contribution >= 0.6 is 0 Å². The van der Waals surface area contributed by atoms with Gasteiger partial charge in [0.15, 0.2) is 5.78 Å². The van der Waals surface area contributed by atoms with Gasteiger partial charge in [-0.05, 0) is 49.2 Å². The fourth-order valence-electron chi connectivity index (χ4n) is 3.54. The van der Waals surface area contributed by atoms with E-state index in [0.717, 1.165) is 10.9 Å². The van der Waals surface area contributed by atoms with Crippen LogP contribution in [0.3, 0.4) is 0 Å². The van der Waals surface area contributed by atoms with Crippen LogP contribution in [-0.2, 0) is 0 Å². The normalized spacial score (nSPS) is 15.1. The van der Waals surface area contributed by atoms with Gasteiger partial charge < -0.3 is 4.90 Å². The molecule has 2 aromatic carbocycles. The molecule has 1 aromatic heterocycles. The van der Waals surface area contributed by atoms with Gasteiger partial charge in [-0.15, -0.1) is 0 Å². The maximum absolute atomic E-state index is 13.0. The van der Waals surface area contributed by atoms with Gasteiger partial charge >= 0.3 is 0 Å². The van der Waals surface area contributed by atoms with Crippen LogP contribution in [0, 0.1) is 11.7 Å². The van der Waals surface area contributed by atoms with Gasteiger partial charge in [0.1, 0.15) is 11.5 Å². The fourth-order valence-corrected chi connectivity index (χ4v) is 3.54. The van der Waals surface area contributed by atoms with Crippen LogP contribution in [0.4, 0.5) is 4.39 Å². The summed E-state index contributed by atoms with van der Waals surface area (Å²) in [7, 11) is 0. The first-order chi connectivity index (χ1) is 13.1. The van der Waals surface area contributed by atoms with Crippen molar-refractivity contribution in [3.05, 3.63) is 77.7 Å². The number of carbonyl (C=O) groups excluding carboxylic acids is 2. The highest BCUT2D eigenvalue weighted by Gasteiger charge is 2.28. The fraction of sp³-hybridized carbons (Fsp3) is 0.227. The second-order valence-electron chi connectivity index (χ2n) is 6.83. The third kappa shape index (κ3) is 3.58. The van der Waals surface area contributed by atoms with E-state index in [1.54, 1.807) is 11.0 Å². The second kappa shape index (κ2) is 7.27. The molecule has 0 radical (unpaired) electrons. The molecule has 5 heteroatoms. The Bertz CT molecular complexity index is 993. The van der Waals surface area contributed by atoms with Crippen LogP contribution in [0.15, 0.2) is 60.7 Å². The molecule has 4 rings (SSSR count). The highest BCUT2D eigenvalue weighted by Crippen LogP contribution is 2.23. The zero-order chi connectivity index (χ0) is 18.8. The van der Waals surface area contributed by atoms with Crippen LogP contribution < -0.4 is 0 Å². The number of piperidine rings is 1. The molecule has 136 valence electrons. The van der Waals surface area contributed by atoms with Crippen molar-refractivity contribution >= 4 is 22.6 Å². The van der Waals surface area contributed by atoms with E-state index < -0.39 is 0 Å². The van der Waals surface area contributed by atoms with Crippen molar-refractivity contribution in [1.29, 1.82) is 0 Å². The monoisotopic (exact) mass is 362 g/mol. The lowest BCUT2D eigenvalue weighted by Crippen LogP contribution is -2.40. The molecular weight excluding hydrogens is 343 g/mol. The summed E-state index contributed by atoms with van der Waals surface area (Å²) in [6, 6.07) is 17.0. The van der Waals surface area contributed by atoms with Gasteiger partial charge in [-0.1, -0.05) is 24.3 Å². The Morgan fingerprint density at radius 2 is 1.63 bits per heavy atom. The molecule has 1 aliphatic heterocycles. The summed E-state index contributed by atoms with van der Waals surface area (Å²) in [5, 5.41) is 0.998. The van der Waals surface area contributed by atoms with Crippen LogP contribution in [-0.4, -0.2) is 34.7 Å². The highest BCUT2D eigenvalue weighted by atomic mass is 19.1. The highest BCUT2D eigenvalue weighted by molar-refractivity contribution is 5.98. The first kappa shape index (κ1) is 17.3. The van der Waals surface area contributed by atoms with Gasteiger partial charge in [0, 0.05) is 30.0 Å². The number of carbonyl (C=O) groups is 2. The van der Waals surface area contributed by atoms with Crippen molar-refractivity contribution in [2.24, 2.45) is 5.92 Å². The SMILES string of the molecule is O=C(c1ccc(F)cc1)C1CCN(C(=O)c2ccc3ccccc3n2)CC1. The number of rotatable bonds is 3. The van der Waals surface area contributed by atoms with Crippen molar-refractivity contribution in [3.8, 4) is 0 Å². The van der Waals surface area contributed by atoms with Gasteiger partial charge in [-0.2, -0.15) is 0 Å². The summed E-state index contributed by atoms with van der Waals surface area (Å²) in [5.74, 6) is -0.571. The van der Waals surface area contributed by atoms with E-state index in [9.17, 15) is 14.0 Å². The molecule has 0 atom stereocenters. The van der Waals surface area contributed by atoms with Crippen LogP contribution in [0.5, 0.6) is 0 Å². The standard InChI is InChI=1S/C22H19FN2O2/c23-18-8-5-16(6-9-18)21(26)17-11-13-25(14-12-17)22(27)20-10-7-15-3-1-2-4-19(15)24-20/h1-10,17H,11-14H2. The molecule has 1 aliphatic rings. The minimum absolute atomic E-state index is 0.0194. The average molecular weight is 362 g/mol. The Labute approximate surface area is 156 Å². The van der Waals surface area contributed by atoms with Crippen molar-refractivity contribution < 1.29 is 14.0 Å². The van der Waals surface area contributed by atoms with Gasteiger partial charge in [0.2, 0.25) is 0 Å². The number of aromatic nitrogens is 1. The number of nitrogens with zero attached hydrogens (tertiary/aromatic N) is 2. The first-order valence-corrected chi connectivity index (χ1v) is 9.07. The summed E-state index contributed by atoms with van der Waals surface area (Å²) < 4.78 is 13.0. The Kier molecular flexibility index (Phi) is 4.67. The number of likely N-dealkylation sites (tertiary alicyclic amines) is 1. The molecule has 0 unspecified atom stereocenters. The quantitative estimate of drug-likeness (QED) is 0.659. The van der Waals surface area contributed by atoms with Gasteiger partial charge in [-0.25, -0.2) is 9.37 Å². The van der Waals surface area contributed by atoms with Gasteiger partial charge in [0.05, 0.1) is 5.52 Å². The second-order valence-corrected chi connectivity index (χ2v) is 6.83. The molecule has 1 fully saturated rings. The Morgan fingerprint density at radius 1 is 0.926 bits per heavy atom. The summed E-state index contributed by atoms with van der Waals surface area (Å²) in [5.41, 5.74) is 1.75. The summed E-state index contributed by atoms with van der Waals surface area (Å²) in [6.45, 7) is 1.04. The van der Waals surface area contributed by atoms with E-state index in [0.29, 0.717) is 37.2 Å². The lowest BCUT2D eigenvalue weighted by atomic mass is 9.89. The van der Waals surface area contributed by atoms with Crippen molar-refractivity contribution in [3.63, 3.8) is 0 Å². The lowest BCUT2D eigenvalue weighted by molar-refractivity contribution is 0.0646. The Morgan fingerprint density at radius 3 is 2.37 bits per heavy atom. The number of fused-ring (bicyclic) bond motifs is 1. The molecule has 1 saturated heterocycles. The molecule has 27 heavy (non-hydrogen) atoms. The molecule has 3 aromatic rings. The van der Waals surface area contributed by atoms with Crippen LogP contribution in [0.25, 0.3) is 10.9 Å². The predicted octanol–water partition coefficient (Wildman–Crippen LogP) is 4.11. The molecule has 0 N–H and O–H groups in total. The van der Waals surface area contributed by atoms with E-state index in [1.807, 2.05) is 30.3 Å². The third-order valence-corrected chi connectivity index (χ3v) is 5.10. The summed E-state index contributed by atoms with van der Waals surface area (Å²) in [6.07, 6.45) is 1.21. The summed E-state index contributed by atoms with van der Waals surface area (Å²) >= 11 is 0. The van der Waals surface area contributed by atoms with E-state index >= 15 is 0 Å². The maximum atomic E-state index is 13.0. The number of amides is 1. The number of pyridine rings is 1. The molecule has 1 amide bonds. The number of benzene rings is 2.